The topological polar surface area (TPSA) is 90.2 Å². The lowest BCUT2D eigenvalue weighted by Crippen LogP contribution is -2.48. The molecule has 0 saturated carbocycles. The van der Waals surface area contributed by atoms with Crippen molar-refractivity contribution in [2.45, 2.75) is 35.1 Å². The van der Waals surface area contributed by atoms with Crippen LogP contribution in [-0.4, -0.2) is 50.8 Å². The lowest BCUT2D eigenvalue weighted by molar-refractivity contribution is -0.157. The molecule has 5 nitrogen and oxygen atoms in total. The zero-order valence-corrected chi connectivity index (χ0v) is 10.5. The second kappa shape index (κ2) is 5.90. The van der Waals surface area contributed by atoms with E-state index in [1.165, 1.54) is 11.8 Å². The molecule has 2 rings (SSSR count). The van der Waals surface area contributed by atoms with Gasteiger partial charge in [0, 0.05) is 6.42 Å². The second-order valence-electron chi connectivity index (χ2n) is 4.17. The number of para-hydroxylation sites is 1. The van der Waals surface area contributed by atoms with Gasteiger partial charge in [0.05, 0.1) is 17.6 Å². The van der Waals surface area contributed by atoms with E-state index in [9.17, 15) is 15.3 Å². The van der Waals surface area contributed by atoms with Crippen molar-refractivity contribution in [3.63, 3.8) is 0 Å². The minimum atomic E-state index is -1.07. The van der Waals surface area contributed by atoms with Crippen LogP contribution in [0.5, 0.6) is 5.75 Å². The van der Waals surface area contributed by atoms with Gasteiger partial charge in [-0.15, -0.1) is 0 Å². The third kappa shape index (κ3) is 2.96. The summed E-state index contributed by atoms with van der Waals surface area (Å²) in [5.74, 6) is 0.146. The molecule has 1 aromatic rings. The number of benzene rings is 1. The largest absolute Gasteiger partial charge is 0.507 e. The Labute approximate surface area is 109 Å². The molecule has 0 amide bonds. The van der Waals surface area contributed by atoms with E-state index in [2.05, 4.69) is 0 Å². The lowest BCUT2D eigenvalue weighted by Gasteiger charge is -2.36. The van der Waals surface area contributed by atoms with Gasteiger partial charge in [-0.1, -0.05) is 23.9 Å². The normalized spacial score (nSPS) is 32.4. The molecule has 0 aliphatic carbocycles. The molecule has 6 heteroatoms. The summed E-state index contributed by atoms with van der Waals surface area (Å²) in [5.41, 5.74) is -0.408. The third-order valence-electron chi connectivity index (χ3n) is 2.84. The van der Waals surface area contributed by atoms with Crippen LogP contribution in [0.4, 0.5) is 0 Å². The number of phenolic OH excluding ortho intramolecular Hbond substituents is 1. The van der Waals surface area contributed by atoms with Gasteiger partial charge >= 0.3 is 0 Å². The number of thioether (sulfide) groups is 1. The first kappa shape index (κ1) is 13.6. The number of ether oxygens (including phenoxy) is 1. The van der Waals surface area contributed by atoms with Crippen LogP contribution in [0.1, 0.15) is 6.42 Å². The summed E-state index contributed by atoms with van der Waals surface area (Å²) in [6.45, 7) is -0.351. The first-order valence-electron chi connectivity index (χ1n) is 5.69. The van der Waals surface area contributed by atoms with Gasteiger partial charge in [0.2, 0.25) is 0 Å². The van der Waals surface area contributed by atoms with Gasteiger partial charge in [0.15, 0.2) is 0 Å². The zero-order chi connectivity index (χ0) is 13.1. The van der Waals surface area contributed by atoms with E-state index in [4.69, 9.17) is 9.84 Å². The molecule has 0 spiro atoms. The van der Waals surface area contributed by atoms with Crippen molar-refractivity contribution in [2.75, 3.05) is 6.61 Å². The van der Waals surface area contributed by atoms with Crippen LogP contribution in [-0.2, 0) is 4.74 Å². The monoisotopic (exact) mass is 272 g/mol. The van der Waals surface area contributed by atoms with E-state index in [1.54, 1.807) is 24.3 Å². The van der Waals surface area contributed by atoms with E-state index < -0.39 is 23.7 Å². The van der Waals surface area contributed by atoms with Crippen molar-refractivity contribution >= 4 is 11.8 Å². The fourth-order valence-corrected chi connectivity index (χ4v) is 2.96. The van der Waals surface area contributed by atoms with Crippen molar-refractivity contribution in [1.29, 1.82) is 0 Å². The van der Waals surface area contributed by atoms with Gasteiger partial charge in [-0.25, -0.2) is 0 Å². The number of aliphatic hydroxyl groups is 3. The van der Waals surface area contributed by atoms with Gasteiger partial charge in [0.1, 0.15) is 23.4 Å². The highest BCUT2D eigenvalue weighted by molar-refractivity contribution is 7.99. The highest BCUT2D eigenvalue weighted by atomic mass is 32.2. The molecule has 0 aromatic heterocycles. The molecule has 0 unspecified atom stereocenters. The quantitative estimate of drug-likeness (QED) is 0.633. The average molecular weight is 272 g/mol. The molecule has 1 aliphatic heterocycles. The lowest BCUT2D eigenvalue weighted by atomic mass is 10.0. The van der Waals surface area contributed by atoms with E-state index in [0.29, 0.717) is 4.90 Å². The van der Waals surface area contributed by atoms with Crippen LogP contribution in [0.2, 0.25) is 0 Å². The van der Waals surface area contributed by atoms with E-state index >= 15 is 0 Å². The fourth-order valence-electron chi connectivity index (χ4n) is 1.84. The molecule has 18 heavy (non-hydrogen) atoms. The van der Waals surface area contributed by atoms with E-state index in [1.807, 2.05) is 0 Å². The summed E-state index contributed by atoms with van der Waals surface area (Å²) in [6, 6.07) is 6.82. The zero-order valence-electron chi connectivity index (χ0n) is 9.64. The standard InChI is InChI=1S/C12H16O5S/c13-6-9-12(16)8(15)5-11(17-9)18-10-4-2-1-3-7(10)14/h1-4,8-9,11-16H,5-6H2/t8-,9-,11+,12+/m0/s1. The maximum atomic E-state index is 9.68. The summed E-state index contributed by atoms with van der Waals surface area (Å²) in [7, 11) is 0. The Bertz CT molecular complexity index is 400. The molecule has 1 aliphatic rings. The van der Waals surface area contributed by atoms with Crippen molar-refractivity contribution < 1.29 is 25.2 Å². The Kier molecular flexibility index (Phi) is 4.47. The van der Waals surface area contributed by atoms with Gasteiger partial charge in [0.25, 0.3) is 0 Å². The van der Waals surface area contributed by atoms with Gasteiger partial charge in [-0.05, 0) is 12.1 Å². The molecule has 1 fully saturated rings. The number of hydrogen-bond donors (Lipinski definition) is 4. The summed E-state index contributed by atoms with van der Waals surface area (Å²) < 4.78 is 5.47. The maximum absolute atomic E-state index is 9.68. The maximum Gasteiger partial charge on any atom is 0.129 e. The molecule has 1 saturated heterocycles. The van der Waals surface area contributed by atoms with Gasteiger partial charge in [-0.2, -0.15) is 0 Å². The molecular weight excluding hydrogens is 256 g/mol. The van der Waals surface area contributed by atoms with Crippen LogP contribution in [0.15, 0.2) is 29.2 Å². The third-order valence-corrected chi connectivity index (χ3v) is 4.00. The van der Waals surface area contributed by atoms with Crippen LogP contribution < -0.4 is 0 Å². The first-order chi connectivity index (χ1) is 8.61. The summed E-state index contributed by atoms with van der Waals surface area (Å²) in [6.07, 6.45) is -2.55. The Morgan fingerprint density at radius 3 is 2.67 bits per heavy atom. The molecule has 0 radical (unpaired) electrons. The molecule has 100 valence electrons. The van der Waals surface area contributed by atoms with E-state index in [-0.39, 0.29) is 18.8 Å². The van der Waals surface area contributed by atoms with Crippen LogP contribution in [0.25, 0.3) is 0 Å². The molecule has 1 aromatic carbocycles. The van der Waals surface area contributed by atoms with E-state index in [0.717, 1.165) is 0 Å². The predicted molar refractivity (Wildman–Crippen MR) is 66.3 cm³/mol. The molecule has 4 N–H and O–H groups in total. The summed E-state index contributed by atoms with van der Waals surface area (Å²) >= 11 is 1.26. The smallest absolute Gasteiger partial charge is 0.129 e. The van der Waals surface area contributed by atoms with Crippen molar-refractivity contribution in [3.05, 3.63) is 24.3 Å². The Morgan fingerprint density at radius 2 is 2.00 bits per heavy atom. The average Bonchev–Trinajstić information content (AvgIpc) is 2.36. The Balaban J connectivity index is 2.04. The minimum Gasteiger partial charge on any atom is -0.507 e. The minimum absolute atomic E-state index is 0.146. The van der Waals surface area contributed by atoms with Crippen LogP contribution in [0.3, 0.4) is 0 Å². The molecule has 4 atom stereocenters. The number of phenols is 1. The van der Waals surface area contributed by atoms with Gasteiger partial charge < -0.3 is 25.2 Å². The predicted octanol–water partition coefficient (Wildman–Crippen LogP) is 0.313. The Morgan fingerprint density at radius 1 is 1.28 bits per heavy atom. The number of aliphatic hydroxyl groups excluding tert-OH is 3. The van der Waals surface area contributed by atoms with Crippen molar-refractivity contribution in [1.82, 2.24) is 0 Å². The first-order valence-corrected chi connectivity index (χ1v) is 6.57. The van der Waals surface area contributed by atoms with Crippen LogP contribution in [0, 0.1) is 0 Å². The number of rotatable bonds is 3. The second-order valence-corrected chi connectivity index (χ2v) is 5.37. The molecular formula is C12H16O5S. The number of hydrogen-bond acceptors (Lipinski definition) is 6. The number of aromatic hydroxyl groups is 1. The highest BCUT2D eigenvalue weighted by Crippen LogP contribution is 2.36. The van der Waals surface area contributed by atoms with Crippen molar-refractivity contribution in [2.24, 2.45) is 0 Å². The molecule has 1 heterocycles. The fraction of sp³-hybridized carbons (Fsp3) is 0.500. The molecule has 0 bridgehead atoms. The highest BCUT2D eigenvalue weighted by Gasteiger charge is 2.36. The van der Waals surface area contributed by atoms with Crippen molar-refractivity contribution in [3.8, 4) is 5.75 Å². The SMILES string of the molecule is OC[C@@H]1O[C@H](Sc2ccccc2O)C[C@H](O)[C@H]1O. The summed E-state index contributed by atoms with van der Waals surface area (Å²) in [4.78, 5) is 0.641. The van der Waals surface area contributed by atoms with Crippen LogP contribution >= 0.6 is 11.8 Å². The summed E-state index contributed by atoms with van der Waals surface area (Å²) in [5, 5.41) is 38.0. The Hall–Kier alpha value is -0.790. The van der Waals surface area contributed by atoms with Gasteiger partial charge in [-0.3, -0.25) is 0 Å².